The fourth-order valence-electron chi connectivity index (χ4n) is 3.26. The van der Waals surface area contributed by atoms with Crippen molar-refractivity contribution >= 4 is 5.91 Å². The lowest BCUT2D eigenvalue weighted by Gasteiger charge is -2.36. The highest BCUT2D eigenvalue weighted by Crippen LogP contribution is 2.34. The summed E-state index contributed by atoms with van der Waals surface area (Å²) in [6, 6.07) is 13.4. The van der Waals surface area contributed by atoms with E-state index in [9.17, 15) is 9.59 Å². The predicted molar refractivity (Wildman–Crippen MR) is 89.8 cm³/mol. The van der Waals surface area contributed by atoms with Gasteiger partial charge in [0.25, 0.3) is 11.5 Å². The van der Waals surface area contributed by atoms with Gasteiger partial charge in [0.1, 0.15) is 6.73 Å². The second-order valence-electron chi connectivity index (χ2n) is 6.42. The number of carbonyl (C=O) groups excluding carboxylic acids is 1. The molecule has 2 aliphatic rings. The molecule has 1 saturated heterocycles. The molecule has 1 aromatic heterocycles. The first-order chi connectivity index (χ1) is 11.7. The molecular formula is C19H20N2O3. The molecule has 0 radical (unpaired) electrons. The summed E-state index contributed by atoms with van der Waals surface area (Å²) in [5, 5.41) is 0. The number of hydrogen-bond acceptors (Lipinski definition) is 3. The van der Waals surface area contributed by atoms with E-state index in [2.05, 4.69) is 0 Å². The van der Waals surface area contributed by atoms with Crippen LogP contribution in [0.3, 0.4) is 0 Å². The Morgan fingerprint density at radius 3 is 2.58 bits per heavy atom. The molecule has 1 aliphatic heterocycles. The standard InChI is InChI=1S/C19H20N2O3/c22-18-9-6-15(12-20(18)16-7-8-16)19(23)21-13-24-11-10-17(21)14-4-2-1-3-5-14/h1-6,9,12,16-17H,7-8,10-11,13H2. The van der Waals surface area contributed by atoms with Crippen LogP contribution in [0.4, 0.5) is 0 Å². The van der Waals surface area contributed by atoms with Crippen LogP contribution in [0.15, 0.2) is 53.5 Å². The van der Waals surface area contributed by atoms with E-state index in [-0.39, 0.29) is 30.3 Å². The molecule has 5 nitrogen and oxygen atoms in total. The fourth-order valence-corrected chi connectivity index (χ4v) is 3.26. The molecule has 1 aliphatic carbocycles. The van der Waals surface area contributed by atoms with Crippen LogP contribution >= 0.6 is 0 Å². The summed E-state index contributed by atoms with van der Waals surface area (Å²) in [5.74, 6) is -0.0852. The summed E-state index contributed by atoms with van der Waals surface area (Å²) >= 11 is 0. The summed E-state index contributed by atoms with van der Waals surface area (Å²) in [7, 11) is 0. The third-order valence-electron chi connectivity index (χ3n) is 4.71. The van der Waals surface area contributed by atoms with Crippen molar-refractivity contribution < 1.29 is 9.53 Å². The molecular weight excluding hydrogens is 304 g/mol. The molecule has 1 saturated carbocycles. The third kappa shape index (κ3) is 2.87. The lowest BCUT2D eigenvalue weighted by atomic mass is 10.0. The van der Waals surface area contributed by atoms with Crippen molar-refractivity contribution in [3.8, 4) is 0 Å². The van der Waals surface area contributed by atoms with Gasteiger partial charge in [-0.15, -0.1) is 0 Å². The molecule has 1 unspecified atom stereocenters. The van der Waals surface area contributed by atoms with E-state index in [0.717, 1.165) is 24.8 Å². The molecule has 5 heteroatoms. The van der Waals surface area contributed by atoms with Crippen LogP contribution in [0.2, 0.25) is 0 Å². The van der Waals surface area contributed by atoms with Crippen molar-refractivity contribution in [1.29, 1.82) is 0 Å². The van der Waals surface area contributed by atoms with Crippen LogP contribution in [0, 0.1) is 0 Å². The molecule has 4 rings (SSSR count). The minimum Gasteiger partial charge on any atom is -0.361 e. The van der Waals surface area contributed by atoms with E-state index < -0.39 is 0 Å². The number of benzene rings is 1. The first kappa shape index (κ1) is 15.1. The summed E-state index contributed by atoms with van der Waals surface area (Å²) < 4.78 is 7.22. The lowest BCUT2D eigenvalue weighted by molar-refractivity contribution is -0.0340. The minimum absolute atomic E-state index is 0.00810. The van der Waals surface area contributed by atoms with E-state index in [0.29, 0.717) is 12.2 Å². The van der Waals surface area contributed by atoms with Gasteiger partial charge in [-0.05, 0) is 30.9 Å². The second kappa shape index (κ2) is 6.24. The maximum absolute atomic E-state index is 13.0. The number of pyridine rings is 1. The summed E-state index contributed by atoms with van der Waals surface area (Å²) in [6.07, 6.45) is 4.51. The van der Waals surface area contributed by atoms with Crippen molar-refractivity contribution in [2.75, 3.05) is 13.3 Å². The average molecular weight is 324 g/mol. The second-order valence-corrected chi connectivity index (χ2v) is 6.42. The Morgan fingerprint density at radius 2 is 1.83 bits per heavy atom. The van der Waals surface area contributed by atoms with Gasteiger partial charge in [-0.25, -0.2) is 0 Å². The van der Waals surface area contributed by atoms with Crippen molar-refractivity contribution in [3.05, 3.63) is 70.1 Å². The van der Waals surface area contributed by atoms with Crippen LogP contribution in [-0.4, -0.2) is 28.7 Å². The molecule has 2 heterocycles. The van der Waals surface area contributed by atoms with Crippen molar-refractivity contribution in [1.82, 2.24) is 9.47 Å². The largest absolute Gasteiger partial charge is 0.361 e. The number of aromatic nitrogens is 1. The third-order valence-corrected chi connectivity index (χ3v) is 4.71. The predicted octanol–water partition coefficient (Wildman–Crippen LogP) is 2.74. The number of hydrogen-bond donors (Lipinski definition) is 0. The highest BCUT2D eigenvalue weighted by Gasteiger charge is 2.30. The molecule has 1 atom stereocenters. The molecule has 2 fully saturated rings. The number of nitrogens with zero attached hydrogens (tertiary/aromatic N) is 2. The number of carbonyl (C=O) groups is 1. The maximum Gasteiger partial charge on any atom is 0.257 e. The molecule has 1 amide bonds. The Labute approximate surface area is 140 Å². The molecule has 1 aromatic carbocycles. The highest BCUT2D eigenvalue weighted by atomic mass is 16.5. The van der Waals surface area contributed by atoms with Gasteiger partial charge in [0.2, 0.25) is 0 Å². The minimum atomic E-state index is -0.0852. The van der Waals surface area contributed by atoms with Crippen LogP contribution < -0.4 is 5.56 Å². The van der Waals surface area contributed by atoms with Gasteiger partial charge in [0.15, 0.2) is 0 Å². The SMILES string of the molecule is O=C(c1ccc(=O)n(C2CC2)c1)N1COCCC1c1ccccc1. The highest BCUT2D eigenvalue weighted by molar-refractivity contribution is 5.94. The average Bonchev–Trinajstić information content (AvgIpc) is 3.47. The topological polar surface area (TPSA) is 51.5 Å². The maximum atomic E-state index is 13.0. The summed E-state index contributed by atoms with van der Waals surface area (Å²) in [6.45, 7) is 0.922. The normalized spacial score (nSPS) is 20.8. The quantitative estimate of drug-likeness (QED) is 0.872. The molecule has 124 valence electrons. The molecule has 24 heavy (non-hydrogen) atoms. The van der Waals surface area contributed by atoms with Crippen LogP contribution in [0.25, 0.3) is 0 Å². The lowest BCUT2D eigenvalue weighted by Crippen LogP contribution is -2.41. The van der Waals surface area contributed by atoms with Gasteiger partial charge < -0.3 is 14.2 Å². The number of amides is 1. The smallest absolute Gasteiger partial charge is 0.257 e. The zero-order chi connectivity index (χ0) is 16.5. The molecule has 0 N–H and O–H groups in total. The zero-order valence-corrected chi connectivity index (χ0v) is 13.4. The summed E-state index contributed by atoms with van der Waals surface area (Å²) in [4.78, 5) is 26.7. The van der Waals surface area contributed by atoms with E-state index >= 15 is 0 Å². The number of rotatable bonds is 3. The van der Waals surface area contributed by atoms with Gasteiger partial charge >= 0.3 is 0 Å². The Bertz CT molecular complexity index is 796. The Hall–Kier alpha value is -2.40. The first-order valence-corrected chi connectivity index (χ1v) is 8.40. The van der Waals surface area contributed by atoms with Gasteiger partial charge in [-0.3, -0.25) is 9.59 Å². The van der Waals surface area contributed by atoms with Crippen LogP contribution in [0.1, 0.15) is 47.3 Å². The van der Waals surface area contributed by atoms with Gasteiger partial charge in [0.05, 0.1) is 18.2 Å². The molecule has 0 spiro atoms. The molecule has 2 aromatic rings. The number of ether oxygens (including phenoxy) is 1. The van der Waals surface area contributed by atoms with E-state index in [1.165, 1.54) is 6.07 Å². The molecule has 0 bridgehead atoms. The first-order valence-electron chi connectivity index (χ1n) is 8.40. The van der Waals surface area contributed by atoms with Gasteiger partial charge in [-0.2, -0.15) is 0 Å². The van der Waals surface area contributed by atoms with Gasteiger partial charge in [-0.1, -0.05) is 30.3 Å². The fraction of sp³-hybridized carbons (Fsp3) is 0.368. The van der Waals surface area contributed by atoms with E-state index in [1.54, 1.807) is 21.7 Å². The Balaban J connectivity index is 1.64. The Morgan fingerprint density at radius 1 is 1.04 bits per heavy atom. The van der Waals surface area contributed by atoms with Crippen LogP contribution in [0.5, 0.6) is 0 Å². The van der Waals surface area contributed by atoms with Gasteiger partial charge in [0, 0.05) is 18.3 Å². The Kier molecular flexibility index (Phi) is 3.94. The van der Waals surface area contributed by atoms with Crippen molar-refractivity contribution in [2.45, 2.75) is 31.3 Å². The van der Waals surface area contributed by atoms with E-state index in [1.807, 2.05) is 30.3 Å². The van der Waals surface area contributed by atoms with Crippen LogP contribution in [-0.2, 0) is 4.74 Å². The monoisotopic (exact) mass is 324 g/mol. The van der Waals surface area contributed by atoms with Crippen molar-refractivity contribution in [2.24, 2.45) is 0 Å². The van der Waals surface area contributed by atoms with E-state index in [4.69, 9.17) is 4.74 Å². The van der Waals surface area contributed by atoms with Crippen molar-refractivity contribution in [3.63, 3.8) is 0 Å². The zero-order valence-electron chi connectivity index (χ0n) is 13.4. The summed E-state index contributed by atoms with van der Waals surface area (Å²) in [5.41, 5.74) is 1.63.